The minimum atomic E-state index is -1.83. The van der Waals surface area contributed by atoms with Crippen LogP contribution in [0.15, 0.2) is 158 Å². The van der Waals surface area contributed by atoms with Crippen LogP contribution in [0.4, 0.5) is 38.9 Å². The van der Waals surface area contributed by atoms with Crippen molar-refractivity contribution in [3.05, 3.63) is 158 Å². The number of para-hydroxylation sites is 2. The average molecular weight is 583 g/mol. The van der Waals surface area contributed by atoms with Crippen LogP contribution in [0, 0.1) is 0 Å². The van der Waals surface area contributed by atoms with Gasteiger partial charge in [0.05, 0.1) is 0 Å². The maximum atomic E-state index is 10.1. The SMILES string of the molecule is O=C(O)O.Oc1cccc(N(c2ccccc2)c2ccc(-c3ccc(N(c4ccccc4)c4cccc(O)c4)cc3)cc2)c1. The van der Waals surface area contributed by atoms with Crippen LogP contribution in [-0.4, -0.2) is 26.6 Å². The Kier molecular flexibility index (Phi) is 9.08. The molecule has 0 aliphatic heterocycles. The van der Waals surface area contributed by atoms with E-state index >= 15 is 0 Å². The van der Waals surface area contributed by atoms with Gasteiger partial charge in [-0.05, 0) is 83.9 Å². The van der Waals surface area contributed by atoms with E-state index in [2.05, 4.69) is 82.6 Å². The summed E-state index contributed by atoms with van der Waals surface area (Å²) in [7, 11) is 0. The van der Waals surface area contributed by atoms with Crippen LogP contribution < -0.4 is 9.80 Å². The molecule has 0 heterocycles. The quantitative estimate of drug-likeness (QED) is 0.148. The van der Waals surface area contributed by atoms with Gasteiger partial charge in [0.1, 0.15) is 11.5 Å². The zero-order valence-electron chi connectivity index (χ0n) is 23.6. The largest absolute Gasteiger partial charge is 0.508 e. The van der Waals surface area contributed by atoms with Gasteiger partial charge in [-0.1, -0.05) is 72.8 Å². The van der Waals surface area contributed by atoms with E-state index in [4.69, 9.17) is 15.0 Å². The van der Waals surface area contributed by atoms with Crippen LogP contribution in [-0.2, 0) is 0 Å². The fourth-order valence-electron chi connectivity index (χ4n) is 4.92. The molecule has 7 heteroatoms. The number of hydrogen-bond acceptors (Lipinski definition) is 5. The number of anilines is 6. The second kappa shape index (κ2) is 13.6. The topological polar surface area (TPSA) is 104 Å². The monoisotopic (exact) mass is 582 g/mol. The van der Waals surface area contributed by atoms with Gasteiger partial charge in [0.15, 0.2) is 0 Å². The van der Waals surface area contributed by atoms with E-state index in [1.54, 1.807) is 24.3 Å². The lowest BCUT2D eigenvalue weighted by Gasteiger charge is -2.26. The Morgan fingerprint density at radius 1 is 0.386 bits per heavy atom. The molecule has 218 valence electrons. The minimum absolute atomic E-state index is 0.227. The number of carbonyl (C=O) groups is 1. The van der Waals surface area contributed by atoms with Gasteiger partial charge in [0.2, 0.25) is 0 Å². The van der Waals surface area contributed by atoms with Crippen LogP contribution in [0.5, 0.6) is 11.5 Å². The third kappa shape index (κ3) is 7.16. The third-order valence-corrected chi connectivity index (χ3v) is 6.79. The Balaban J connectivity index is 0.000000906. The van der Waals surface area contributed by atoms with Crippen molar-refractivity contribution in [3.63, 3.8) is 0 Å². The van der Waals surface area contributed by atoms with Crippen LogP contribution in [0.1, 0.15) is 0 Å². The van der Waals surface area contributed by atoms with E-state index in [-0.39, 0.29) is 11.5 Å². The summed E-state index contributed by atoms with van der Waals surface area (Å²) in [4.78, 5) is 12.8. The zero-order valence-corrected chi connectivity index (χ0v) is 23.6. The molecule has 0 aliphatic rings. The molecule has 0 aliphatic carbocycles. The number of carboxylic acid groups (broad SMARTS) is 2. The summed E-state index contributed by atoms with van der Waals surface area (Å²) in [5.41, 5.74) is 7.99. The van der Waals surface area contributed by atoms with E-state index < -0.39 is 6.16 Å². The second-order valence-corrected chi connectivity index (χ2v) is 9.76. The highest BCUT2D eigenvalue weighted by molar-refractivity contribution is 5.81. The van der Waals surface area contributed by atoms with Crippen molar-refractivity contribution >= 4 is 40.3 Å². The van der Waals surface area contributed by atoms with Crippen molar-refractivity contribution in [2.45, 2.75) is 0 Å². The first kappa shape index (κ1) is 29.3. The van der Waals surface area contributed by atoms with Gasteiger partial charge in [-0.25, -0.2) is 4.79 Å². The molecule has 6 aromatic carbocycles. The number of rotatable bonds is 7. The molecule has 0 atom stereocenters. The van der Waals surface area contributed by atoms with Gasteiger partial charge in [-0.3, -0.25) is 0 Å². The fourth-order valence-corrected chi connectivity index (χ4v) is 4.92. The molecule has 0 unspecified atom stereocenters. The lowest BCUT2D eigenvalue weighted by Crippen LogP contribution is -2.09. The first-order chi connectivity index (χ1) is 21.4. The van der Waals surface area contributed by atoms with Gasteiger partial charge in [-0.2, -0.15) is 0 Å². The summed E-state index contributed by atoms with van der Waals surface area (Å²) in [6.07, 6.45) is -1.83. The first-order valence-corrected chi connectivity index (χ1v) is 13.8. The highest BCUT2D eigenvalue weighted by atomic mass is 16.6. The molecule has 0 saturated carbocycles. The van der Waals surface area contributed by atoms with Crippen LogP contribution in [0.25, 0.3) is 11.1 Å². The van der Waals surface area contributed by atoms with Crippen molar-refractivity contribution in [1.29, 1.82) is 0 Å². The average Bonchev–Trinajstić information content (AvgIpc) is 3.03. The lowest BCUT2D eigenvalue weighted by atomic mass is 10.0. The molecule has 0 bridgehead atoms. The molecule has 4 N–H and O–H groups in total. The molecule has 0 aromatic heterocycles. The van der Waals surface area contributed by atoms with E-state index in [1.165, 1.54) is 0 Å². The summed E-state index contributed by atoms with van der Waals surface area (Å²) in [6.45, 7) is 0. The van der Waals surface area contributed by atoms with Crippen molar-refractivity contribution in [2.75, 3.05) is 9.80 Å². The fraction of sp³-hybridized carbons (Fsp3) is 0. The van der Waals surface area contributed by atoms with Crippen molar-refractivity contribution in [2.24, 2.45) is 0 Å². The molecule has 6 rings (SSSR count). The number of phenols is 2. The van der Waals surface area contributed by atoms with Crippen LogP contribution in [0.2, 0.25) is 0 Å². The summed E-state index contributed by atoms with van der Waals surface area (Å²) in [5.74, 6) is 0.454. The van der Waals surface area contributed by atoms with Gasteiger partial charge < -0.3 is 30.2 Å². The van der Waals surface area contributed by atoms with E-state index in [0.717, 1.165) is 45.3 Å². The van der Waals surface area contributed by atoms with Crippen molar-refractivity contribution < 1.29 is 25.2 Å². The second-order valence-electron chi connectivity index (χ2n) is 9.76. The summed E-state index contributed by atoms with van der Waals surface area (Å²) >= 11 is 0. The molecule has 0 saturated heterocycles. The van der Waals surface area contributed by atoms with Crippen LogP contribution in [0.3, 0.4) is 0 Å². The Hall–Kier alpha value is -6.21. The summed E-state index contributed by atoms with van der Waals surface area (Å²) in [6, 6.07) is 51.7. The molecule has 44 heavy (non-hydrogen) atoms. The van der Waals surface area contributed by atoms with Crippen LogP contribution >= 0.6 is 0 Å². The molecular formula is C37H30N2O5. The molecule has 7 nitrogen and oxygen atoms in total. The molecule has 0 amide bonds. The Morgan fingerprint density at radius 2 is 0.682 bits per heavy atom. The predicted octanol–water partition coefficient (Wildman–Crippen LogP) is 9.93. The molecule has 0 radical (unpaired) electrons. The molecule has 0 fully saturated rings. The maximum absolute atomic E-state index is 10.1. The van der Waals surface area contributed by atoms with Gasteiger partial charge in [0.25, 0.3) is 0 Å². The zero-order chi connectivity index (χ0) is 30.9. The van der Waals surface area contributed by atoms with E-state index in [9.17, 15) is 10.2 Å². The standard InChI is InChI=1S/C36H28N2O2.CH2O3/c39-35-15-7-13-33(25-35)37(29-9-3-1-4-10-29)31-21-17-27(18-22-31)28-19-23-32(24-20-28)38(30-11-5-2-6-12-30)34-14-8-16-36(40)26-34;2-1(3)4/h1-26,39-40H;(H2,2,3,4). The number of nitrogens with zero attached hydrogens (tertiary/aromatic N) is 2. The number of phenolic OH excluding ortho intramolecular Hbond substituents is 2. The van der Waals surface area contributed by atoms with Gasteiger partial charge >= 0.3 is 6.16 Å². The number of hydrogen-bond donors (Lipinski definition) is 4. The smallest absolute Gasteiger partial charge is 0.503 e. The Labute approximate surface area is 255 Å². The predicted molar refractivity (Wildman–Crippen MR) is 175 cm³/mol. The normalized spacial score (nSPS) is 10.3. The summed E-state index contributed by atoms with van der Waals surface area (Å²) in [5, 5.41) is 34.2. The lowest BCUT2D eigenvalue weighted by molar-refractivity contribution is 0.137. The van der Waals surface area contributed by atoms with Gasteiger partial charge in [0, 0.05) is 46.3 Å². The highest BCUT2D eigenvalue weighted by Crippen LogP contribution is 2.38. The number of benzene rings is 6. The maximum Gasteiger partial charge on any atom is 0.503 e. The van der Waals surface area contributed by atoms with Crippen molar-refractivity contribution in [3.8, 4) is 22.6 Å². The third-order valence-electron chi connectivity index (χ3n) is 6.79. The molecule has 6 aromatic rings. The van der Waals surface area contributed by atoms with Crippen molar-refractivity contribution in [1.82, 2.24) is 0 Å². The number of aromatic hydroxyl groups is 2. The van der Waals surface area contributed by atoms with E-state index in [0.29, 0.717) is 0 Å². The highest BCUT2D eigenvalue weighted by Gasteiger charge is 2.15. The first-order valence-electron chi connectivity index (χ1n) is 13.8. The van der Waals surface area contributed by atoms with E-state index in [1.807, 2.05) is 60.7 Å². The molecular weight excluding hydrogens is 552 g/mol. The van der Waals surface area contributed by atoms with Gasteiger partial charge in [-0.15, -0.1) is 0 Å². The minimum Gasteiger partial charge on any atom is -0.508 e. The summed E-state index contributed by atoms with van der Waals surface area (Å²) < 4.78 is 0. The molecule has 0 spiro atoms. The Morgan fingerprint density at radius 3 is 1.00 bits per heavy atom. The Bertz CT molecular complexity index is 1680.